The third kappa shape index (κ3) is 1.85. The lowest BCUT2D eigenvalue weighted by atomic mass is 9.95. The molecule has 1 saturated carbocycles. The zero-order chi connectivity index (χ0) is 11.1. The number of esters is 1. The van der Waals surface area contributed by atoms with Crippen molar-refractivity contribution in [2.45, 2.75) is 19.3 Å². The second-order valence-electron chi connectivity index (χ2n) is 4.23. The van der Waals surface area contributed by atoms with E-state index in [4.69, 9.17) is 0 Å². The molecular weight excluding hydrogens is 204 g/mol. The Kier molecular flexibility index (Phi) is 2.66. The van der Waals surface area contributed by atoms with Gasteiger partial charge < -0.3 is 10.1 Å². The van der Waals surface area contributed by atoms with Gasteiger partial charge in [0.15, 0.2) is 0 Å². The zero-order valence-electron chi connectivity index (χ0n) is 8.63. The Morgan fingerprint density at radius 1 is 1.53 bits per heavy atom. The molecule has 2 atom stereocenters. The van der Waals surface area contributed by atoms with Crippen LogP contribution in [0.25, 0.3) is 0 Å². The quantitative estimate of drug-likeness (QED) is 0.718. The molecule has 1 aliphatic carbocycles. The first-order valence-corrected chi connectivity index (χ1v) is 5.31. The van der Waals surface area contributed by atoms with Crippen molar-refractivity contribution in [1.82, 2.24) is 5.32 Å². The first-order valence-electron chi connectivity index (χ1n) is 5.31. The van der Waals surface area contributed by atoms with E-state index >= 15 is 0 Å². The van der Waals surface area contributed by atoms with E-state index in [0.29, 0.717) is 13.1 Å². The second-order valence-corrected chi connectivity index (χ2v) is 4.23. The summed E-state index contributed by atoms with van der Waals surface area (Å²) in [5.41, 5.74) is 0. The molecule has 0 radical (unpaired) electrons. The highest BCUT2D eigenvalue weighted by Crippen LogP contribution is 2.61. The van der Waals surface area contributed by atoms with Crippen LogP contribution >= 0.6 is 0 Å². The molecule has 5 heteroatoms. The third-order valence-corrected chi connectivity index (χ3v) is 3.28. The number of nitrogens with one attached hydrogen (secondary N) is 1. The zero-order valence-corrected chi connectivity index (χ0v) is 8.63. The van der Waals surface area contributed by atoms with E-state index in [-0.39, 0.29) is 18.9 Å². The molecule has 1 N–H and O–H groups in total. The van der Waals surface area contributed by atoms with Crippen LogP contribution in [0.3, 0.4) is 0 Å². The lowest BCUT2D eigenvalue weighted by Gasteiger charge is -2.27. The molecular formula is C10H15F2NO2. The Bertz CT molecular complexity index is 266. The van der Waals surface area contributed by atoms with Gasteiger partial charge in [-0.15, -0.1) is 0 Å². The van der Waals surface area contributed by atoms with Crippen LogP contribution in [-0.4, -0.2) is 31.6 Å². The molecule has 1 saturated heterocycles. The predicted molar refractivity (Wildman–Crippen MR) is 49.5 cm³/mol. The van der Waals surface area contributed by atoms with E-state index in [1.54, 1.807) is 6.92 Å². The number of carbonyl (C=O) groups is 1. The van der Waals surface area contributed by atoms with Crippen LogP contribution in [0.2, 0.25) is 0 Å². The fourth-order valence-corrected chi connectivity index (χ4v) is 2.29. The molecule has 1 aliphatic heterocycles. The summed E-state index contributed by atoms with van der Waals surface area (Å²) in [5.74, 6) is -4.51. The summed E-state index contributed by atoms with van der Waals surface area (Å²) < 4.78 is 31.3. The smallest absolute Gasteiger partial charge is 0.306 e. The van der Waals surface area contributed by atoms with E-state index in [0.717, 1.165) is 0 Å². The highest BCUT2D eigenvalue weighted by molar-refractivity contribution is 5.70. The minimum absolute atomic E-state index is 0.0411. The van der Waals surface area contributed by atoms with E-state index in [1.165, 1.54) is 0 Å². The topological polar surface area (TPSA) is 38.3 Å². The summed E-state index contributed by atoms with van der Waals surface area (Å²) in [4.78, 5) is 11.1. The molecule has 0 aromatic heterocycles. The van der Waals surface area contributed by atoms with Gasteiger partial charge in [-0.05, 0) is 25.9 Å². The van der Waals surface area contributed by atoms with Gasteiger partial charge >= 0.3 is 5.97 Å². The maximum Gasteiger partial charge on any atom is 0.306 e. The van der Waals surface area contributed by atoms with Crippen molar-refractivity contribution in [3.8, 4) is 0 Å². The van der Waals surface area contributed by atoms with Gasteiger partial charge in [-0.25, -0.2) is 8.78 Å². The molecule has 1 heterocycles. The Morgan fingerprint density at radius 3 is 2.67 bits per heavy atom. The molecule has 2 rings (SSSR count). The molecule has 3 nitrogen and oxygen atoms in total. The second kappa shape index (κ2) is 3.70. The van der Waals surface area contributed by atoms with Crippen LogP contribution in [0.15, 0.2) is 0 Å². The number of hydrogen-bond donors (Lipinski definition) is 1. The summed E-state index contributed by atoms with van der Waals surface area (Å²) in [5, 5.41) is 2.97. The summed E-state index contributed by atoms with van der Waals surface area (Å²) in [6.45, 7) is 3.24. The minimum Gasteiger partial charge on any atom is -0.466 e. The standard InChI is InChI=1S/C10H15F2NO2/c1-2-15-8(14)3-7-9(10(7,11)12)6-4-13-5-6/h6-7,9,13H,2-5H2,1H3. The van der Waals surface area contributed by atoms with E-state index < -0.39 is 23.7 Å². The van der Waals surface area contributed by atoms with Gasteiger partial charge in [-0.2, -0.15) is 0 Å². The summed E-state index contributed by atoms with van der Waals surface area (Å²) in [7, 11) is 0. The normalized spacial score (nSPS) is 33.3. The van der Waals surface area contributed by atoms with Crippen molar-refractivity contribution in [1.29, 1.82) is 0 Å². The summed E-state index contributed by atoms with van der Waals surface area (Å²) in [6.07, 6.45) is -0.137. The average Bonchev–Trinajstić information content (AvgIpc) is 2.53. The Balaban J connectivity index is 1.85. The molecule has 0 amide bonds. The van der Waals surface area contributed by atoms with Gasteiger partial charge in [-0.3, -0.25) is 4.79 Å². The van der Waals surface area contributed by atoms with Crippen LogP contribution in [0.1, 0.15) is 13.3 Å². The Hall–Kier alpha value is -0.710. The highest BCUT2D eigenvalue weighted by Gasteiger charge is 2.71. The summed E-state index contributed by atoms with van der Waals surface area (Å²) in [6, 6.07) is 0. The molecule has 0 bridgehead atoms. The number of carbonyl (C=O) groups excluding carboxylic acids is 1. The van der Waals surface area contributed by atoms with Gasteiger partial charge in [-0.1, -0.05) is 0 Å². The Labute approximate surface area is 87.2 Å². The van der Waals surface area contributed by atoms with Crippen LogP contribution in [0.4, 0.5) is 8.78 Å². The van der Waals surface area contributed by atoms with Crippen molar-refractivity contribution < 1.29 is 18.3 Å². The van der Waals surface area contributed by atoms with Gasteiger partial charge in [0.2, 0.25) is 0 Å². The third-order valence-electron chi connectivity index (χ3n) is 3.28. The van der Waals surface area contributed by atoms with Gasteiger partial charge in [0.05, 0.1) is 13.0 Å². The maximum atomic E-state index is 13.3. The van der Waals surface area contributed by atoms with E-state index in [1.807, 2.05) is 0 Å². The maximum absolute atomic E-state index is 13.3. The van der Waals surface area contributed by atoms with Gasteiger partial charge in [0, 0.05) is 11.8 Å². The van der Waals surface area contributed by atoms with Crippen molar-refractivity contribution in [2.24, 2.45) is 17.8 Å². The van der Waals surface area contributed by atoms with Gasteiger partial charge in [0.1, 0.15) is 0 Å². The van der Waals surface area contributed by atoms with Crippen molar-refractivity contribution in [3.05, 3.63) is 0 Å². The minimum atomic E-state index is -2.65. The molecule has 0 spiro atoms. The van der Waals surface area contributed by atoms with Crippen molar-refractivity contribution >= 4 is 5.97 Å². The SMILES string of the molecule is CCOC(=O)CC1C(C2CNC2)C1(F)F. The molecule has 2 fully saturated rings. The number of halogens is 2. The number of ether oxygens (including phenoxy) is 1. The fraction of sp³-hybridized carbons (Fsp3) is 0.900. The van der Waals surface area contributed by atoms with Crippen LogP contribution < -0.4 is 5.32 Å². The van der Waals surface area contributed by atoms with E-state index in [9.17, 15) is 13.6 Å². The molecule has 2 aliphatic rings. The molecule has 2 unspecified atom stereocenters. The first-order chi connectivity index (χ1) is 7.07. The predicted octanol–water partition coefficient (Wildman–Crippen LogP) is 1.04. The number of alkyl halides is 2. The number of rotatable bonds is 4. The van der Waals surface area contributed by atoms with Crippen LogP contribution in [-0.2, 0) is 9.53 Å². The van der Waals surface area contributed by atoms with Gasteiger partial charge in [0.25, 0.3) is 5.92 Å². The number of hydrogen-bond acceptors (Lipinski definition) is 3. The van der Waals surface area contributed by atoms with E-state index in [2.05, 4.69) is 10.1 Å². The first kappa shape index (κ1) is 10.8. The van der Waals surface area contributed by atoms with Crippen molar-refractivity contribution in [3.63, 3.8) is 0 Å². The molecule has 0 aromatic rings. The van der Waals surface area contributed by atoms with Crippen molar-refractivity contribution in [2.75, 3.05) is 19.7 Å². The molecule has 0 aromatic carbocycles. The van der Waals surface area contributed by atoms with Crippen LogP contribution in [0.5, 0.6) is 0 Å². The molecule has 15 heavy (non-hydrogen) atoms. The molecule has 86 valence electrons. The summed E-state index contributed by atoms with van der Waals surface area (Å²) >= 11 is 0. The highest BCUT2D eigenvalue weighted by atomic mass is 19.3. The average molecular weight is 219 g/mol. The largest absolute Gasteiger partial charge is 0.466 e. The monoisotopic (exact) mass is 219 g/mol. The Morgan fingerprint density at radius 2 is 2.20 bits per heavy atom. The van der Waals surface area contributed by atoms with Crippen LogP contribution in [0, 0.1) is 17.8 Å². The lowest BCUT2D eigenvalue weighted by molar-refractivity contribution is -0.144. The fourth-order valence-electron chi connectivity index (χ4n) is 2.29. The lowest BCUT2D eigenvalue weighted by Crippen LogP contribution is -2.44.